The molecule has 0 bridgehead atoms. The lowest BCUT2D eigenvalue weighted by atomic mass is 10.1. The number of rotatable bonds is 8. The van der Waals surface area contributed by atoms with Crippen LogP contribution in [0, 0.1) is 13.8 Å². The molecule has 0 spiro atoms. The summed E-state index contributed by atoms with van der Waals surface area (Å²) in [5.74, 6) is 0.0895. The Bertz CT molecular complexity index is 1330. The fourth-order valence-electron chi connectivity index (χ4n) is 4.17. The van der Waals surface area contributed by atoms with Gasteiger partial charge in [0, 0.05) is 24.2 Å². The molecule has 0 aliphatic rings. The van der Waals surface area contributed by atoms with E-state index >= 15 is 0 Å². The number of nitrogens with zero attached hydrogens (tertiary/aromatic N) is 4. The van der Waals surface area contributed by atoms with E-state index in [2.05, 4.69) is 22.3 Å². The van der Waals surface area contributed by atoms with Crippen LogP contribution >= 0.6 is 0 Å². The van der Waals surface area contributed by atoms with Crippen LogP contribution in [-0.2, 0) is 22.5 Å². The summed E-state index contributed by atoms with van der Waals surface area (Å²) >= 11 is 0. The molecular formula is C26H29N5O3. The molecule has 8 heteroatoms. The van der Waals surface area contributed by atoms with Gasteiger partial charge in [-0.25, -0.2) is 9.67 Å². The van der Waals surface area contributed by atoms with Crippen molar-refractivity contribution in [2.45, 2.75) is 46.6 Å². The summed E-state index contributed by atoms with van der Waals surface area (Å²) in [5.41, 5.74) is 6.11. The van der Waals surface area contributed by atoms with Crippen molar-refractivity contribution in [3.63, 3.8) is 0 Å². The maximum absolute atomic E-state index is 13.0. The molecule has 34 heavy (non-hydrogen) atoms. The number of esters is 1. The number of anilines is 1. The molecule has 0 saturated carbocycles. The van der Waals surface area contributed by atoms with Crippen LogP contribution in [0.4, 0.5) is 5.95 Å². The van der Waals surface area contributed by atoms with E-state index < -0.39 is 0 Å². The molecule has 0 aliphatic carbocycles. The van der Waals surface area contributed by atoms with E-state index in [0.29, 0.717) is 24.4 Å². The highest BCUT2D eigenvalue weighted by Crippen LogP contribution is 2.22. The van der Waals surface area contributed by atoms with Gasteiger partial charge < -0.3 is 9.30 Å². The van der Waals surface area contributed by atoms with Crippen molar-refractivity contribution in [3.8, 4) is 5.69 Å². The lowest BCUT2D eigenvalue weighted by molar-refractivity contribution is -0.140. The topological polar surface area (TPSA) is 91.0 Å². The maximum atomic E-state index is 13.0. The third kappa shape index (κ3) is 4.57. The molecule has 0 atom stereocenters. The number of fused-ring (bicyclic) bond motifs is 1. The Morgan fingerprint density at radius 2 is 1.79 bits per heavy atom. The highest BCUT2D eigenvalue weighted by molar-refractivity contribution is 6.04. The van der Waals surface area contributed by atoms with Gasteiger partial charge in [0.05, 0.1) is 29.5 Å². The van der Waals surface area contributed by atoms with E-state index in [0.717, 1.165) is 46.6 Å². The maximum Gasteiger partial charge on any atom is 0.305 e. The summed E-state index contributed by atoms with van der Waals surface area (Å²) in [6.45, 7) is 6.77. The molecule has 2 heterocycles. The third-order valence-corrected chi connectivity index (χ3v) is 5.95. The number of carbonyl (C=O) groups is 2. The molecule has 2 aromatic carbocycles. The molecule has 0 radical (unpaired) electrons. The van der Waals surface area contributed by atoms with Gasteiger partial charge in [-0.1, -0.05) is 19.1 Å². The van der Waals surface area contributed by atoms with Gasteiger partial charge >= 0.3 is 5.97 Å². The number of para-hydroxylation sites is 2. The molecule has 8 nitrogen and oxygen atoms in total. The van der Waals surface area contributed by atoms with Crippen LogP contribution in [0.3, 0.4) is 0 Å². The first-order valence-electron chi connectivity index (χ1n) is 11.4. The summed E-state index contributed by atoms with van der Waals surface area (Å²) in [7, 11) is 1.39. The standard InChI is InChI=1S/C26H29N5O3/c1-5-16-30-23-9-7-6-8-22(23)27-26(30)28-25(33)19-10-12-20(13-11-19)31-18(3)21(17(2)29-31)14-15-24(32)34-4/h6-13H,5,14-16H2,1-4H3,(H,27,28,33). The van der Waals surface area contributed by atoms with E-state index in [4.69, 9.17) is 4.74 Å². The van der Waals surface area contributed by atoms with Crippen LogP contribution in [-0.4, -0.2) is 38.3 Å². The zero-order valence-corrected chi connectivity index (χ0v) is 20.0. The fourth-order valence-corrected chi connectivity index (χ4v) is 4.17. The summed E-state index contributed by atoms with van der Waals surface area (Å²) in [6.07, 6.45) is 1.82. The molecule has 176 valence electrons. The predicted molar refractivity (Wildman–Crippen MR) is 131 cm³/mol. The van der Waals surface area contributed by atoms with Crippen LogP contribution in [0.5, 0.6) is 0 Å². The zero-order valence-electron chi connectivity index (χ0n) is 20.0. The number of carbonyl (C=O) groups excluding carboxylic acids is 2. The van der Waals surface area contributed by atoms with Crippen molar-refractivity contribution < 1.29 is 14.3 Å². The van der Waals surface area contributed by atoms with Crippen LogP contribution in [0.1, 0.15) is 47.1 Å². The van der Waals surface area contributed by atoms with E-state index in [1.54, 1.807) is 12.1 Å². The second kappa shape index (κ2) is 9.91. The summed E-state index contributed by atoms with van der Waals surface area (Å²) in [4.78, 5) is 29.1. The van der Waals surface area contributed by atoms with Crippen molar-refractivity contribution in [2.24, 2.45) is 0 Å². The number of imidazole rings is 1. The Labute approximate surface area is 198 Å². The van der Waals surface area contributed by atoms with E-state index in [1.165, 1.54) is 7.11 Å². The fraction of sp³-hybridized carbons (Fsp3) is 0.308. The second-order valence-electron chi connectivity index (χ2n) is 8.21. The predicted octanol–water partition coefficient (Wildman–Crippen LogP) is 4.61. The highest BCUT2D eigenvalue weighted by Gasteiger charge is 2.16. The Morgan fingerprint density at radius 1 is 1.06 bits per heavy atom. The first-order valence-corrected chi connectivity index (χ1v) is 11.4. The van der Waals surface area contributed by atoms with Crippen molar-refractivity contribution >= 4 is 28.9 Å². The van der Waals surface area contributed by atoms with Gasteiger partial charge in [-0.2, -0.15) is 5.10 Å². The lowest BCUT2D eigenvalue weighted by Gasteiger charge is -2.10. The molecule has 1 amide bonds. The van der Waals surface area contributed by atoms with Crippen molar-refractivity contribution in [2.75, 3.05) is 12.4 Å². The molecule has 1 N–H and O–H groups in total. The number of amides is 1. The van der Waals surface area contributed by atoms with Crippen molar-refractivity contribution in [1.29, 1.82) is 0 Å². The molecule has 4 rings (SSSR count). The van der Waals surface area contributed by atoms with Crippen LogP contribution < -0.4 is 5.32 Å². The summed E-state index contributed by atoms with van der Waals surface area (Å²) < 4.78 is 8.62. The first kappa shape index (κ1) is 23.2. The average Bonchev–Trinajstić information content (AvgIpc) is 3.33. The number of ether oxygens (including phenoxy) is 1. The third-order valence-electron chi connectivity index (χ3n) is 5.95. The number of hydrogen-bond donors (Lipinski definition) is 1. The SMILES string of the molecule is CCCn1c(NC(=O)c2ccc(-n3nc(C)c(CCC(=O)OC)c3C)cc2)nc2ccccc21. The molecule has 0 fully saturated rings. The first-order chi connectivity index (χ1) is 16.4. The minimum atomic E-state index is -0.241. The van der Waals surface area contributed by atoms with Crippen LogP contribution in [0.25, 0.3) is 16.7 Å². The van der Waals surface area contributed by atoms with E-state index in [-0.39, 0.29) is 11.9 Å². The number of hydrogen-bond acceptors (Lipinski definition) is 5. The second-order valence-corrected chi connectivity index (χ2v) is 8.21. The normalized spacial score (nSPS) is 11.1. The molecule has 4 aromatic rings. The van der Waals surface area contributed by atoms with E-state index in [1.807, 2.05) is 59.5 Å². The van der Waals surface area contributed by atoms with Crippen LogP contribution in [0.2, 0.25) is 0 Å². The number of aryl methyl sites for hydroxylation is 2. The van der Waals surface area contributed by atoms with Gasteiger partial charge in [0.25, 0.3) is 5.91 Å². The molecule has 0 saturated heterocycles. The Morgan fingerprint density at radius 3 is 2.50 bits per heavy atom. The Balaban J connectivity index is 1.54. The minimum absolute atomic E-state index is 0.216. The van der Waals surface area contributed by atoms with Gasteiger partial charge in [-0.15, -0.1) is 0 Å². The van der Waals surface area contributed by atoms with Crippen molar-refractivity contribution in [1.82, 2.24) is 19.3 Å². The number of aromatic nitrogens is 4. The number of nitrogens with one attached hydrogen (secondary N) is 1. The zero-order chi connectivity index (χ0) is 24.2. The monoisotopic (exact) mass is 459 g/mol. The molecule has 0 aliphatic heterocycles. The van der Waals surface area contributed by atoms with E-state index in [9.17, 15) is 9.59 Å². The molecule has 0 unspecified atom stereocenters. The molecular weight excluding hydrogens is 430 g/mol. The minimum Gasteiger partial charge on any atom is -0.469 e. The number of benzene rings is 2. The Kier molecular flexibility index (Phi) is 6.77. The average molecular weight is 460 g/mol. The Hall–Kier alpha value is -3.94. The summed E-state index contributed by atoms with van der Waals surface area (Å²) in [5, 5.41) is 7.60. The largest absolute Gasteiger partial charge is 0.469 e. The van der Waals surface area contributed by atoms with Gasteiger partial charge in [-0.05, 0) is 68.7 Å². The number of methoxy groups -OCH3 is 1. The van der Waals surface area contributed by atoms with Gasteiger partial charge in [0.15, 0.2) is 0 Å². The van der Waals surface area contributed by atoms with Gasteiger partial charge in [0.2, 0.25) is 5.95 Å². The smallest absolute Gasteiger partial charge is 0.305 e. The highest BCUT2D eigenvalue weighted by atomic mass is 16.5. The van der Waals surface area contributed by atoms with Gasteiger partial charge in [0.1, 0.15) is 0 Å². The quantitative estimate of drug-likeness (QED) is 0.389. The lowest BCUT2D eigenvalue weighted by Crippen LogP contribution is -2.16. The van der Waals surface area contributed by atoms with Gasteiger partial charge in [-0.3, -0.25) is 14.9 Å². The molecule has 2 aromatic heterocycles. The van der Waals surface area contributed by atoms with Crippen molar-refractivity contribution in [3.05, 3.63) is 71.0 Å². The summed E-state index contributed by atoms with van der Waals surface area (Å²) in [6, 6.07) is 15.2. The van der Waals surface area contributed by atoms with Crippen LogP contribution in [0.15, 0.2) is 48.5 Å².